The molecule has 0 aromatic rings. The Hall–Kier alpha value is -0.0600. The summed E-state index contributed by atoms with van der Waals surface area (Å²) in [4.78, 5) is 22.6. The molecule has 0 fully saturated rings. The van der Waals surface area contributed by atoms with E-state index < -0.39 is 12.0 Å². The molecule has 21 heavy (non-hydrogen) atoms. The van der Waals surface area contributed by atoms with Gasteiger partial charge in [-0.1, -0.05) is 65.2 Å². The van der Waals surface area contributed by atoms with Crippen molar-refractivity contribution < 1.29 is 43.9 Å². The van der Waals surface area contributed by atoms with Crippen LogP contribution in [-0.4, -0.2) is 25.0 Å². The molecule has 0 aliphatic rings. The fourth-order valence-corrected chi connectivity index (χ4v) is 2.09. The van der Waals surface area contributed by atoms with E-state index in [1.165, 1.54) is 52.1 Å². The number of hydrogen-bond donors (Lipinski definition) is 0. The fourth-order valence-electron chi connectivity index (χ4n) is 2.09. The summed E-state index contributed by atoms with van der Waals surface area (Å²) in [6.45, 7) is 3.81. The molecule has 0 radical (unpaired) electrons. The normalized spacial score (nSPS) is 11.4. The van der Waals surface area contributed by atoms with E-state index in [2.05, 4.69) is 17.0 Å². The van der Waals surface area contributed by atoms with Crippen LogP contribution in [0.25, 0.3) is 5.32 Å². The van der Waals surface area contributed by atoms with Crippen molar-refractivity contribution in [2.45, 2.75) is 84.1 Å². The largest absolute Gasteiger partial charge is 1.00 e. The molecule has 0 rings (SSSR count). The van der Waals surface area contributed by atoms with E-state index in [1.54, 1.807) is 6.92 Å². The van der Waals surface area contributed by atoms with Crippen molar-refractivity contribution in [2.75, 3.05) is 7.11 Å². The van der Waals surface area contributed by atoms with E-state index in [-0.39, 0.29) is 35.5 Å². The van der Waals surface area contributed by atoms with E-state index in [0.29, 0.717) is 6.42 Å². The quantitative estimate of drug-likeness (QED) is 0.311. The minimum absolute atomic E-state index is 0. The van der Waals surface area contributed by atoms with Crippen LogP contribution in [0.1, 0.15) is 78.1 Å². The monoisotopic (exact) mass is 307 g/mol. The molecule has 0 N–H and O–H groups in total. The zero-order chi connectivity index (χ0) is 15.2. The molecular formula is C16H30NNaO3. The van der Waals surface area contributed by atoms with Gasteiger partial charge < -0.3 is 14.8 Å². The molecule has 0 aromatic heterocycles. The standard InChI is InChI=1S/C16H31NO3.Na/c1-4-5-6-7-8-9-10-11-12-13-15(18)17-14(2)16(19)20-3;/h14H,4-13H2,1-3H3,(H,17,18);/q;+1/p-1/t14-;/m0./s1. The topological polar surface area (TPSA) is 57.5 Å². The number of amides is 1. The smallest absolute Gasteiger partial charge is 0.642 e. The SMILES string of the molecule is CCCCCCCCCCCC(=O)[N-][C@@H](C)C(=O)OC.[Na+]. The zero-order valence-electron chi connectivity index (χ0n) is 14.3. The van der Waals surface area contributed by atoms with E-state index in [1.807, 2.05) is 0 Å². The predicted molar refractivity (Wildman–Crippen MR) is 81.7 cm³/mol. The first-order valence-corrected chi connectivity index (χ1v) is 7.93. The summed E-state index contributed by atoms with van der Waals surface area (Å²) in [5.74, 6) is -0.642. The third kappa shape index (κ3) is 14.6. The number of rotatable bonds is 12. The Labute approximate surface area is 152 Å². The van der Waals surface area contributed by atoms with Gasteiger partial charge in [0, 0.05) is 0 Å². The Bertz CT molecular complexity index is 272. The van der Waals surface area contributed by atoms with Crippen LogP contribution in [0.5, 0.6) is 0 Å². The van der Waals surface area contributed by atoms with Crippen LogP contribution in [-0.2, 0) is 14.3 Å². The maximum atomic E-state index is 11.5. The predicted octanol–water partition coefficient (Wildman–Crippen LogP) is 1.37. The second-order valence-corrected chi connectivity index (χ2v) is 5.30. The second-order valence-electron chi connectivity index (χ2n) is 5.30. The number of hydrogen-bond acceptors (Lipinski definition) is 3. The van der Waals surface area contributed by atoms with Gasteiger partial charge in [0.2, 0.25) is 0 Å². The number of carbonyl (C=O) groups excluding carboxylic acids is 2. The summed E-state index contributed by atoms with van der Waals surface area (Å²) >= 11 is 0. The average Bonchev–Trinajstić information content (AvgIpc) is 2.44. The van der Waals surface area contributed by atoms with Gasteiger partial charge in [-0.3, -0.25) is 4.79 Å². The first kappa shape index (κ1) is 23.2. The maximum absolute atomic E-state index is 11.5. The number of carbonyl (C=O) groups is 2. The van der Waals surface area contributed by atoms with Crippen molar-refractivity contribution in [3.63, 3.8) is 0 Å². The van der Waals surface area contributed by atoms with Gasteiger partial charge in [0.1, 0.15) is 0 Å². The van der Waals surface area contributed by atoms with Crippen LogP contribution in [0.2, 0.25) is 0 Å². The summed E-state index contributed by atoms with van der Waals surface area (Å²) in [6, 6.07) is -0.675. The summed E-state index contributed by atoms with van der Waals surface area (Å²) in [5.41, 5.74) is 0. The molecular weight excluding hydrogens is 277 g/mol. The summed E-state index contributed by atoms with van der Waals surface area (Å²) in [6.07, 6.45) is 11.4. The van der Waals surface area contributed by atoms with E-state index in [4.69, 9.17) is 0 Å². The molecule has 0 aliphatic heterocycles. The minimum Gasteiger partial charge on any atom is -0.642 e. The molecule has 0 heterocycles. The van der Waals surface area contributed by atoms with E-state index >= 15 is 0 Å². The maximum Gasteiger partial charge on any atom is 1.00 e. The Morgan fingerprint density at radius 3 is 1.90 bits per heavy atom. The number of unbranched alkanes of at least 4 members (excludes halogenated alkanes) is 8. The molecule has 4 nitrogen and oxygen atoms in total. The Morgan fingerprint density at radius 1 is 0.952 bits per heavy atom. The Balaban J connectivity index is 0. The molecule has 1 atom stereocenters. The van der Waals surface area contributed by atoms with Gasteiger partial charge in [0.05, 0.1) is 13.0 Å². The number of nitrogens with zero attached hydrogens (tertiary/aromatic N) is 1. The first-order chi connectivity index (χ1) is 9.61. The van der Waals surface area contributed by atoms with Crippen molar-refractivity contribution in [1.82, 2.24) is 0 Å². The van der Waals surface area contributed by atoms with Gasteiger partial charge >= 0.3 is 29.6 Å². The number of ether oxygens (including phenoxy) is 1. The van der Waals surface area contributed by atoms with Crippen LogP contribution in [0, 0.1) is 0 Å². The van der Waals surface area contributed by atoms with Gasteiger partial charge in [0.25, 0.3) is 5.97 Å². The molecule has 0 bridgehead atoms. The molecule has 0 aromatic carbocycles. The molecule has 0 saturated heterocycles. The van der Waals surface area contributed by atoms with Crippen molar-refractivity contribution in [1.29, 1.82) is 0 Å². The van der Waals surface area contributed by atoms with Gasteiger partial charge in [-0.25, -0.2) is 0 Å². The van der Waals surface area contributed by atoms with Gasteiger partial charge in [-0.2, -0.15) is 0 Å². The molecule has 1 amide bonds. The van der Waals surface area contributed by atoms with Crippen molar-refractivity contribution in [3.8, 4) is 0 Å². The average molecular weight is 307 g/mol. The van der Waals surface area contributed by atoms with Crippen molar-refractivity contribution in [3.05, 3.63) is 5.32 Å². The summed E-state index contributed by atoms with van der Waals surface area (Å²) in [7, 11) is 1.30. The van der Waals surface area contributed by atoms with E-state index in [0.717, 1.165) is 12.8 Å². The molecule has 0 saturated carbocycles. The van der Waals surface area contributed by atoms with Crippen molar-refractivity contribution in [2.24, 2.45) is 0 Å². The zero-order valence-corrected chi connectivity index (χ0v) is 16.3. The second kappa shape index (κ2) is 16.3. The summed E-state index contributed by atoms with van der Waals surface area (Å²) in [5, 5.41) is 3.80. The van der Waals surface area contributed by atoms with Gasteiger partial charge in [0.15, 0.2) is 0 Å². The molecule has 0 unspecified atom stereocenters. The third-order valence-electron chi connectivity index (χ3n) is 3.37. The Morgan fingerprint density at radius 2 is 1.43 bits per heavy atom. The van der Waals surface area contributed by atoms with E-state index in [9.17, 15) is 9.59 Å². The van der Waals surface area contributed by atoms with Crippen LogP contribution < -0.4 is 29.6 Å². The third-order valence-corrected chi connectivity index (χ3v) is 3.37. The molecule has 5 heteroatoms. The van der Waals surface area contributed by atoms with Crippen LogP contribution in [0.15, 0.2) is 0 Å². The minimum atomic E-state index is -0.675. The number of esters is 1. The number of methoxy groups -OCH3 is 1. The van der Waals surface area contributed by atoms with Crippen molar-refractivity contribution >= 4 is 11.9 Å². The van der Waals surface area contributed by atoms with Crippen LogP contribution in [0.3, 0.4) is 0 Å². The molecule has 0 spiro atoms. The van der Waals surface area contributed by atoms with Gasteiger partial charge in [-0.05, 0) is 18.9 Å². The Kier molecular flexibility index (Phi) is 18.0. The van der Waals surface area contributed by atoms with Crippen LogP contribution in [0.4, 0.5) is 0 Å². The molecule has 0 aliphatic carbocycles. The fraction of sp³-hybridized carbons (Fsp3) is 0.875. The first-order valence-electron chi connectivity index (χ1n) is 7.93. The van der Waals surface area contributed by atoms with Crippen LogP contribution >= 0.6 is 0 Å². The summed E-state index contributed by atoms with van der Waals surface area (Å²) < 4.78 is 4.53. The van der Waals surface area contributed by atoms with Gasteiger partial charge in [-0.15, -0.1) is 0 Å². The molecule has 118 valence electrons.